The summed E-state index contributed by atoms with van der Waals surface area (Å²) in [6.45, 7) is 0.516. The van der Waals surface area contributed by atoms with Gasteiger partial charge in [0, 0.05) is 0 Å². The summed E-state index contributed by atoms with van der Waals surface area (Å²) in [6.07, 6.45) is 13.6. The van der Waals surface area contributed by atoms with E-state index in [0.29, 0.717) is 23.7 Å². The second-order valence-corrected chi connectivity index (χ2v) is 11.5. The predicted octanol–water partition coefficient (Wildman–Crippen LogP) is 3.87. The van der Waals surface area contributed by atoms with E-state index in [1.54, 1.807) is 0 Å². The highest BCUT2D eigenvalue weighted by Crippen LogP contribution is 2.61. The number of carboxylic acids is 2. The molecule has 6 atom stereocenters. The summed E-state index contributed by atoms with van der Waals surface area (Å²) >= 11 is 0. The van der Waals surface area contributed by atoms with E-state index in [0.717, 1.165) is 51.4 Å². The first-order valence-electron chi connectivity index (χ1n) is 12.7. The molecule has 6 heteroatoms. The molecule has 0 bridgehead atoms. The first-order valence-corrected chi connectivity index (χ1v) is 12.7. The molecule has 4 saturated carbocycles. The summed E-state index contributed by atoms with van der Waals surface area (Å²) in [6, 6.07) is 0. The van der Waals surface area contributed by atoms with E-state index < -0.39 is 34.6 Å². The highest BCUT2D eigenvalue weighted by Gasteiger charge is 2.62. The van der Waals surface area contributed by atoms with Crippen LogP contribution >= 0.6 is 0 Å². The smallest absolute Gasteiger partial charge is 0.308 e. The lowest BCUT2D eigenvalue weighted by atomic mass is 9.58. The number of nitrogens with two attached hydrogens (primary N) is 2. The molecular formula is C25H42N2O4. The van der Waals surface area contributed by atoms with Gasteiger partial charge in [0.25, 0.3) is 0 Å². The fourth-order valence-electron chi connectivity index (χ4n) is 8.69. The summed E-state index contributed by atoms with van der Waals surface area (Å²) in [5.41, 5.74) is 11.4. The molecule has 0 aliphatic heterocycles. The Morgan fingerprint density at radius 1 is 0.645 bits per heavy atom. The van der Waals surface area contributed by atoms with Crippen molar-refractivity contribution in [1.82, 2.24) is 0 Å². The Labute approximate surface area is 186 Å². The van der Waals surface area contributed by atoms with Crippen molar-refractivity contribution in [3.8, 4) is 0 Å². The van der Waals surface area contributed by atoms with Crippen molar-refractivity contribution in [2.24, 2.45) is 57.8 Å². The summed E-state index contributed by atoms with van der Waals surface area (Å²) < 4.78 is 0. The topological polar surface area (TPSA) is 127 Å². The van der Waals surface area contributed by atoms with Crippen molar-refractivity contribution < 1.29 is 19.8 Å². The van der Waals surface area contributed by atoms with Gasteiger partial charge in [0.05, 0.1) is 11.8 Å². The normalized spacial score (nSPS) is 42.3. The Bertz CT molecular complexity index is 652. The Balaban J connectivity index is 1.70. The Kier molecular flexibility index (Phi) is 6.69. The molecule has 4 rings (SSSR count). The maximum atomic E-state index is 12.8. The van der Waals surface area contributed by atoms with Gasteiger partial charge in [-0.3, -0.25) is 9.59 Å². The van der Waals surface area contributed by atoms with Gasteiger partial charge in [-0.15, -0.1) is 0 Å². The second-order valence-electron chi connectivity index (χ2n) is 11.5. The van der Waals surface area contributed by atoms with Crippen LogP contribution in [-0.4, -0.2) is 35.2 Å². The van der Waals surface area contributed by atoms with Gasteiger partial charge in [-0.05, 0) is 73.3 Å². The van der Waals surface area contributed by atoms with E-state index >= 15 is 0 Å². The summed E-state index contributed by atoms with van der Waals surface area (Å²) in [7, 11) is 0. The zero-order chi connectivity index (χ0) is 22.2. The van der Waals surface area contributed by atoms with Gasteiger partial charge in [0.2, 0.25) is 0 Å². The second kappa shape index (κ2) is 9.01. The molecule has 6 nitrogen and oxygen atoms in total. The van der Waals surface area contributed by atoms with E-state index in [1.165, 1.54) is 32.1 Å². The highest BCUT2D eigenvalue weighted by atomic mass is 16.4. The van der Waals surface area contributed by atoms with Gasteiger partial charge in [0.15, 0.2) is 0 Å². The Morgan fingerprint density at radius 2 is 0.935 bits per heavy atom. The molecule has 4 fully saturated rings. The van der Waals surface area contributed by atoms with E-state index in [9.17, 15) is 19.8 Å². The third-order valence-corrected chi connectivity index (χ3v) is 10.1. The Morgan fingerprint density at radius 3 is 1.19 bits per heavy atom. The van der Waals surface area contributed by atoms with Crippen molar-refractivity contribution in [3.63, 3.8) is 0 Å². The molecule has 4 aliphatic carbocycles. The maximum Gasteiger partial charge on any atom is 0.308 e. The highest BCUT2D eigenvalue weighted by molar-refractivity contribution is 5.81. The lowest BCUT2D eigenvalue weighted by molar-refractivity contribution is -0.167. The van der Waals surface area contributed by atoms with E-state index in [-0.39, 0.29) is 13.1 Å². The quantitative estimate of drug-likeness (QED) is 0.482. The minimum Gasteiger partial charge on any atom is -0.481 e. The standard InChI is InChI=1S/C25H42N2O4/c26-14-24(10-16-6-2-1-3-7-17(16)11-24)20(22(28)29)21(23(30)31)25(15-27)12-18-8-4-5-9-19(18)13-25/h16-21H,1-15,26-27H2,(H,28,29)(H,30,31). The van der Waals surface area contributed by atoms with Gasteiger partial charge < -0.3 is 21.7 Å². The number of carboxylic acid groups (broad SMARTS) is 2. The molecule has 6 unspecified atom stereocenters. The summed E-state index contributed by atoms with van der Waals surface area (Å²) in [5, 5.41) is 21.0. The van der Waals surface area contributed by atoms with Gasteiger partial charge in [0.1, 0.15) is 0 Å². The first-order chi connectivity index (χ1) is 14.9. The number of fused-ring (bicyclic) bond motifs is 2. The lowest BCUT2D eigenvalue weighted by Crippen LogP contribution is -2.54. The monoisotopic (exact) mass is 434 g/mol. The van der Waals surface area contributed by atoms with Crippen LogP contribution < -0.4 is 11.5 Å². The molecule has 0 amide bonds. The molecule has 0 spiro atoms. The van der Waals surface area contributed by atoms with Crippen molar-refractivity contribution in [2.45, 2.75) is 83.5 Å². The third kappa shape index (κ3) is 4.03. The third-order valence-electron chi connectivity index (χ3n) is 10.1. The fourth-order valence-corrected chi connectivity index (χ4v) is 8.69. The van der Waals surface area contributed by atoms with Gasteiger partial charge in [-0.2, -0.15) is 0 Å². The molecule has 0 radical (unpaired) electrons. The van der Waals surface area contributed by atoms with Gasteiger partial charge in [-0.1, -0.05) is 57.8 Å². The molecule has 0 aromatic carbocycles. The molecule has 6 N–H and O–H groups in total. The molecule has 0 saturated heterocycles. The van der Waals surface area contributed by atoms with Crippen LogP contribution in [0.3, 0.4) is 0 Å². The zero-order valence-electron chi connectivity index (χ0n) is 18.9. The number of carbonyl (C=O) groups is 2. The minimum absolute atomic E-state index is 0.258. The van der Waals surface area contributed by atoms with Crippen LogP contribution in [0, 0.1) is 46.3 Å². The van der Waals surface area contributed by atoms with Crippen molar-refractivity contribution in [3.05, 3.63) is 0 Å². The van der Waals surface area contributed by atoms with Crippen LogP contribution in [0.2, 0.25) is 0 Å². The van der Waals surface area contributed by atoms with Crippen LogP contribution in [-0.2, 0) is 9.59 Å². The average Bonchev–Trinajstić information content (AvgIpc) is 3.23. The minimum atomic E-state index is -0.976. The van der Waals surface area contributed by atoms with E-state index in [1.807, 2.05) is 0 Å². The van der Waals surface area contributed by atoms with Crippen molar-refractivity contribution in [2.75, 3.05) is 13.1 Å². The van der Waals surface area contributed by atoms with Crippen LogP contribution in [0.25, 0.3) is 0 Å². The Hall–Kier alpha value is -1.14. The molecule has 176 valence electrons. The number of hydrogen-bond acceptors (Lipinski definition) is 4. The molecule has 0 aromatic rings. The number of hydrogen-bond donors (Lipinski definition) is 4. The SMILES string of the molecule is NCC1(C(C(=O)O)C(C(=O)O)C2(CN)CC3CCCCC3C2)CC2CCCCCC2C1. The van der Waals surface area contributed by atoms with Crippen molar-refractivity contribution in [1.29, 1.82) is 0 Å². The molecular weight excluding hydrogens is 392 g/mol. The predicted molar refractivity (Wildman–Crippen MR) is 119 cm³/mol. The molecule has 0 heterocycles. The maximum absolute atomic E-state index is 12.8. The zero-order valence-corrected chi connectivity index (χ0v) is 18.9. The lowest BCUT2D eigenvalue weighted by Gasteiger charge is -2.45. The van der Waals surface area contributed by atoms with E-state index in [4.69, 9.17) is 11.5 Å². The molecule has 4 aliphatic rings. The van der Waals surface area contributed by atoms with Crippen LogP contribution in [0.1, 0.15) is 83.5 Å². The average molecular weight is 435 g/mol. The fraction of sp³-hybridized carbons (Fsp3) is 0.920. The van der Waals surface area contributed by atoms with Gasteiger partial charge in [-0.25, -0.2) is 0 Å². The van der Waals surface area contributed by atoms with E-state index in [2.05, 4.69) is 0 Å². The molecule has 31 heavy (non-hydrogen) atoms. The molecule has 0 aromatic heterocycles. The van der Waals surface area contributed by atoms with Gasteiger partial charge >= 0.3 is 11.9 Å². The van der Waals surface area contributed by atoms with Crippen LogP contribution in [0.5, 0.6) is 0 Å². The van der Waals surface area contributed by atoms with Crippen LogP contribution in [0.15, 0.2) is 0 Å². The number of aliphatic carboxylic acids is 2. The largest absolute Gasteiger partial charge is 0.481 e. The number of rotatable bonds is 7. The van der Waals surface area contributed by atoms with Crippen LogP contribution in [0.4, 0.5) is 0 Å². The summed E-state index contributed by atoms with van der Waals surface area (Å²) in [5.74, 6) is -1.88. The first kappa shape index (κ1) is 23.0. The van der Waals surface area contributed by atoms with Crippen molar-refractivity contribution >= 4 is 11.9 Å². The summed E-state index contributed by atoms with van der Waals surface area (Å²) in [4.78, 5) is 25.7.